The number of carbonyl (C=O) groups is 2. The second-order valence-corrected chi connectivity index (χ2v) is 6.10. The van der Waals surface area contributed by atoms with Crippen LogP contribution in [0.15, 0.2) is 33.9 Å². The monoisotopic (exact) mass is 354 g/mol. The van der Waals surface area contributed by atoms with E-state index in [0.717, 1.165) is 17.3 Å². The van der Waals surface area contributed by atoms with E-state index in [1.54, 1.807) is 38.4 Å². The van der Waals surface area contributed by atoms with Crippen LogP contribution < -0.4 is 5.32 Å². The van der Waals surface area contributed by atoms with E-state index in [4.69, 9.17) is 16.0 Å². The van der Waals surface area contributed by atoms with E-state index in [0.29, 0.717) is 10.9 Å². The molecule has 0 saturated carbocycles. The van der Waals surface area contributed by atoms with Crippen molar-refractivity contribution in [1.29, 1.82) is 0 Å². The molecule has 1 heterocycles. The molecular formula is C14H15ClN4O3S. The second-order valence-electron chi connectivity index (χ2n) is 4.73. The van der Waals surface area contributed by atoms with Gasteiger partial charge in [0.25, 0.3) is 5.22 Å². The van der Waals surface area contributed by atoms with Gasteiger partial charge in [-0.25, -0.2) is 0 Å². The molecule has 0 saturated heterocycles. The zero-order valence-corrected chi connectivity index (χ0v) is 14.1. The number of nitrogens with zero attached hydrogens (tertiary/aromatic N) is 3. The third-order valence-corrected chi connectivity index (χ3v) is 3.83. The molecule has 2 amide bonds. The molecule has 9 heteroatoms. The van der Waals surface area contributed by atoms with Gasteiger partial charge in [-0.1, -0.05) is 23.4 Å². The van der Waals surface area contributed by atoms with Crippen molar-refractivity contribution in [2.24, 2.45) is 0 Å². The summed E-state index contributed by atoms with van der Waals surface area (Å²) in [6.45, 7) is -0.0355. The zero-order chi connectivity index (χ0) is 16.8. The van der Waals surface area contributed by atoms with Gasteiger partial charge in [0.1, 0.15) is 0 Å². The molecule has 7 nitrogen and oxygen atoms in total. The zero-order valence-electron chi connectivity index (χ0n) is 12.6. The highest BCUT2D eigenvalue weighted by atomic mass is 35.5. The van der Waals surface area contributed by atoms with Crippen LogP contribution in [-0.4, -0.2) is 53.3 Å². The highest BCUT2D eigenvalue weighted by Crippen LogP contribution is 2.24. The summed E-state index contributed by atoms with van der Waals surface area (Å²) in [4.78, 5) is 24.4. The molecule has 2 rings (SSSR count). The molecule has 1 aromatic heterocycles. The highest BCUT2D eigenvalue weighted by Gasteiger charge is 2.12. The van der Waals surface area contributed by atoms with Gasteiger partial charge < -0.3 is 14.6 Å². The van der Waals surface area contributed by atoms with E-state index >= 15 is 0 Å². The summed E-state index contributed by atoms with van der Waals surface area (Å²) in [5, 5.41) is 11.2. The average molecular weight is 355 g/mol. The smallest absolute Gasteiger partial charge is 0.277 e. The Labute approximate surface area is 142 Å². The second kappa shape index (κ2) is 7.98. The number of likely N-dealkylation sites (N-methyl/N-ethyl adjacent to an activating group) is 1. The fraction of sp³-hybridized carbons (Fsp3) is 0.286. The summed E-state index contributed by atoms with van der Waals surface area (Å²) in [7, 11) is 3.25. The van der Waals surface area contributed by atoms with E-state index in [1.165, 1.54) is 4.90 Å². The SMILES string of the molecule is CN(C)C(=O)CNC(=O)CSc1nnc(-c2ccc(Cl)cc2)o1. The maximum Gasteiger partial charge on any atom is 0.277 e. The van der Waals surface area contributed by atoms with Crippen LogP contribution in [0.25, 0.3) is 11.5 Å². The van der Waals surface area contributed by atoms with Crippen molar-refractivity contribution in [3.05, 3.63) is 29.3 Å². The lowest BCUT2D eigenvalue weighted by molar-refractivity contribution is -0.130. The topological polar surface area (TPSA) is 88.3 Å². The molecule has 0 radical (unpaired) electrons. The van der Waals surface area contributed by atoms with E-state index in [2.05, 4.69) is 15.5 Å². The number of hydrogen-bond acceptors (Lipinski definition) is 6. The van der Waals surface area contributed by atoms with Crippen LogP contribution in [0, 0.1) is 0 Å². The number of benzene rings is 1. The van der Waals surface area contributed by atoms with Crippen LogP contribution in [-0.2, 0) is 9.59 Å². The fourth-order valence-electron chi connectivity index (χ4n) is 1.49. The van der Waals surface area contributed by atoms with Crippen molar-refractivity contribution >= 4 is 35.2 Å². The standard InChI is InChI=1S/C14H15ClN4O3S/c1-19(2)12(21)7-16-11(20)8-23-14-18-17-13(22-14)9-3-5-10(15)6-4-9/h3-6H,7-8H2,1-2H3,(H,16,20). The van der Waals surface area contributed by atoms with E-state index in [-0.39, 0.29) is 29.3 Å². The van der Waals surface area contributed by atoms with E-state index in [9.17, 15) is 9.59 Å². The van der Waals surface area contributed by atoms with Crippen LogP contribution >= 0.6 is 23.4 Å². The van der Waals surface area contributed by atoms with Crippen LogP contribution in [0.3, 0.4) is 0 Å². The van der Waals surface area contributed by atoms with Crippen molar-refractivity contribution in [3.63, 3.8) is 0 Å². The van der Waals surface area contributed by atoms with Gasteiger partial charge >= 0.3 is 0 Å². The third kappa shape index (κ3) is 5.26. The van der Waals surface area contributed by atoms with Crippen LogP contribution in [0.2, 0.25) is 5.02 Å². The first kappa shape index (κ1) is 17.3. The summed E-state index contributed by atoms with van der Waals surface area (Å²) in [6, 6.07) is 6.99. The van der Waals surface area contributed by atoms with Gasteiger partial charge in [-0.05, 0) is 24.3 Å². The van der Waals surface area contributed by atoms with Gasteiger partial charge in [-0.2, -0.15) is 0 Å². The summed E-state index contributed by atoms with van der Waals surface area (Å²) in [6.07, 6.45) is 0. The first-order valence-corrected chi connectivity index (χ1v) is 8.01. The molecule has 0 aliphatic carbocycles. The molecule has 0 atom stereocenters. The summed E-state index contributed by atoms with van der Waals surface area (Å²) < 4.78 is 5.47. The van der Waals surface area contributed by atoms with Gasteiger partial charge in [0.2, 0.25) is 17.7 Å². The molecular weight excluding hydrogens is 340 g/mol. The third-order valence-electron chi connectivity index (χ3n) is 2.76. The van der Waals surface area contributed by atoms with Crippen molar-refractivity contribution < 1.29 is 14.0 Å². The van der Waals surface area contributed by atoms with Crippen LogP contribution in [0.5, 0.6) is 0 Å². The predicted octanol–water partition coefficient (Wildman–Crippen LogP) is 1.69. The maximum atomic E-state index is 11.7. The highest BCUT2D eigenvalue weighted by molar-refractivity contribution is 7.99. The normalized spacial score (nSPS) is 10.4. The van der Waals surface area contributed by atoms with Crippen molar-refractivity contribution in [2.75, 3.05) is 26.4 Å². The van der Waals surface area contributed by atoms with Gasteiger partial charge in [-0.15, -0.1) is 10.2 Å². The molecule has 0 fully saturated rings. The average Bonchev–Trinajstić information content (AvgIpc) is 3.00. The predicted molar refractivity (Wildman–Crippen MR) is 87.2 cm³/mol. The maximum absolute atomic E-state index is 11.7. The molecule has 1 N–H and O–H groups in total. The van der Waals surface area contributed by atoms with Crippen molar-refractivity contribution in [2.45, 2.75) is 5.22 Å². The van der Waals surface area contributed by atoms with E-state index in [1.807, 2.05) is 0 Å². The minimum Gasteiger partial charge on any atom is -0.411 e. The summed E-state index contributed by atoms with van der Waals surface area (Å²) in [5.74, 6) is -0.0156. The minimum absolute atomic E-state index is 0.0355. The van der Waals surface area contributed by atoms with Crippen LogP contribution in [0.4, 0.5) is 0 Å². The Morgan fingerprint density at radius 2 is 1.96 bits per heavy atom. The number of thioether (sulfide) groups is 1. The first-order chi connectivity index (χ1) is 11.0. The molecule has 0 bridgehead atoms. The van der Waals surface area contributed by atoms with Gasteiger partial charge in [0, 0.05) is 24.7 Å². The van der Waals surface area contributed by atoms with Crippen molar-refractivity contribution in [1.82, 2.24) is 20.4 Å². The lowest BCUT2D eigenvalue weighted by Gasteiger charge is -2.10. The Hall–Kier alpha value is -2.06. The number of hydrogen-bond donors (Lipinski definition) is 1. The Bertz CT molecular complexity index is 688. The summed E-state index contributed by atoms with van der Waals surface area (Å²) in [5.41, 5.74) is 0.745. The number of amides is 2. The first-order valence-electron chi connectivity index (χ1n) is 6.65. The molecule has 122 valence electrons. The Morgan fingerprint density at radius 3 is 2.61 bits per heavy atom. The molecule has 2 aromatic rings. The molecule has 0 aliphatic rings. The van der Waals surface area contributed by atoms with Gasteiger partial charge in [0.05, 0.1) is 12.3 Å². The number of rotatable bonds is 6. The molecule has 0 spiro atoms. The largest absolute Gasteiger partial charge is 0.411 e. The van der Waals surface area contributed by atoms with Crippen LogP contribution in [0.1, 0.15) is 0 Å². The lowest BCUT2D eigenvalue weighted by Crippen LogP contribution is -2.36. The minimum atomic E-state index is -0.281. The number of aromatic nitrogens is 2. The molecule has 1 aromatic carbocycles. The quantitative estimate of drug-likeness (QED) is 0.794. The number of nitrogens with one attached hydrogen (secondary N) is 1. The Balaban J connectivity index is 1.84. The number of halogens is 1. The summed E-state index contributed by atoms with van der Waals surface area (Å²) >= 11 is 6.92. The van der Waals surface area contributed by atoms with Gasteiger partial charge in [0.15, 0.2) is 0 Å². The molecule has 0 aliphatic heterocycles. The fourth-order valence-corrected chi connectivity index (χ4v) is 2.21. The van der Waals surface area contributed by atoms with Crippen molar-refractivity contribution in [3.8, 4) is 11.5 Å². The Kier molecular flexibility index (Phi) is 6.00. The Morgan fingerprint density at radius 1 is 1.26 bits per heavy atom. The lowest BCUT2D eigenvalue weighted by atomic mass is 10.2. The van der Waals surface area contributed by atoms with E-state index < -0.39 is 0 Å². The van der Waals surface area contributed by atoms with Gasteiger partial charge in [-0.3, -0.25) is 9.59 Å². The molecule has 23 heavy (non-hydrogen) atoms. The molecule has 0 unspecified atom stereocenters. The number of carbonyl (C=O) groups excluding carboxylic acids is 2.